The van der Waals surface area contributed by atoms with Gasteiger partial charge in [-0.3, -0.25) is 4.79 Å². The Balaban J connectivity index is 1.49. The molecule has 1 aliphatic rings. The molecule has 1 saturated heterocycles. The minimum atomic E-state index is -4.18. The van der Waals surface area contributed by atoms with Gasteiger partial charge in [-0.1, -0.05) is 37.6 Å². The second-order valence-electron chi connectivity index (χ2n) is 9.95. The van der Waals surface area contributed by atoms with Gasteiger partial charge in [0.25, 0.3) is 0 Å². The number of piperidine rings is 1. The molecule has 0 radical (unpaired) electrons. The fourth-order valence-corrected chi connectivity index (χ4v) is 5.91. The van der Waals surface area contributed by atoms with Gasteiger partial charge < -0.3 is 10.1 Å². The van der Waals surface area contributed by atoms with Crippen LogP contribution < -0.4 is 10.1 Å². The maximum absolute atomic E-state index is 14.2. The van der Waals surface area contributed by atoms with Crippen molar-refractivity contribution in [2.75, 3.05) is 19.7 Å². The van der Waals surface area contributed by atoms with Crippen LogP contribution in [0.15, 0.2) is 35.2 Å². The Morgan fingerprint density at radius 2 is 1.81 bits per heavy atom. The molecule has 0 atom stereocenters. The molecule has 6 nitrogen and oxygen atoms in total. The smallest absolute Gasteiger partial charge is 0.246 e. The SMILES string of the molecule is Cc1ccc(C)c(OCCCC(C)(C)C(=O)NC2CCN(S(=O)(=O)c3cc(Cl)c(F)cc3F)CC2)c1. The Hall–Kier alpha value is -2.23. The van der Waals surface area contributed by atoms with Crippen molar-refractivity contribution >= 4 is 27.5 Å². The molecule has 0 unspecified atom stereocenters. The van der Waals surface area contributed by atoms with Crippen LogP contribution >= 0.6 is 11.6 Å². The molecule has 1 N–H and O–H groups in total. The normalized spacial score (nSPS) is 15.6. The van der Waals surface area contributed by atoms with Crippen LogP contribution in [0.1, 0.15) is 50.7 Å². The largest absolute Gasteiger partial charge is 0.493 e. The molecule has 1 heterocycles. The zero-order valence-electron chi connectivity index (χ0n) is 21.0. The number of nitrogens with zero attached hydrogens (tertiary/aromatic N) is 1. The second kappa shape index (κ2) is 11.4. The fourth-order valence-electron chi connectivity index (χ4n) is 4.13. The summed E-state index contributed by atoms with van der Waals surface area (Å²) in [5.41, 5.74) is 1.57. The third kappa shape index (κ3) is 6.75. The maximum Gasteiger partial charge on any atom is 0.246 e. The lowest BCUT2D eigenvalue weighted by atomic mass is 9.86. The van der Waals surface area contributed by atoms with Gasteiger partial charge in [-0.05, 0) is 62.8 Å². The van der Waals surface area contributed by atoms with Gasteiger partial charge in [-0.2, -0.15) is 4.31 Å². The fraction of sp³-hybridized carbons (Fsp3) is 0.500. The van der Waals surface area contributed by atoms with E-state index in [2.05, 4.69) is 5.32 Å². The minimum Gasteiger partial charge on any atom is -0.493 e. The molecule has 0 bridgehead atoms. The number of sulfonamides is 1. The highest BCUT2D eigenvalue weighted by molar-refractivity contribution is 7.89. The van der Waals surface area contributed by atoms with E-state index in [0.29, 0.717) is 38.4 Å². The number of amides is 1. The number of carbonyl (C=O) groups is 1. The first-order valence-corrected chi connectivity index (χ1v) is 13.8. The molecule has 3 rings (SSSR count). The van der Waals surface area contributed by atoms with E-state index in [0.717, 1.165) is 27.2 Å². The van der Waals surface area contributed by atoms with E-state index in [-0.39, 0.29) is 25.0 Å². The number of hydrogen-bond acceptors (Lipinski definition) is 4. The summed E-state index contributed by atoms with van der Waals surface area (Å²) in [5.74, 6) is -1.46. The quantitative estimate of drug-likeness (QED) is 0.340. The third-order valence-electron chi connectivity index (χ3n) is 6.54. The van der Waals surface area contributed by atoms with Crippen molar-refractivity contribution in [2.24, 2.45) is 5.41 Å². The van der Waals surface area contributed by atoms with Crippen LogP contribution in [0.2, 0.25) is 5.02 Å². The van der Waals surface area contributed by atoms with Gasteiger partial charge in [0.15, 0.2) is 0 Å². The molecular formula is C26H33ClF2N2O4S. The summed E-state index contributed by atoms with van der Waals surface area (Å²) in [7, 11) is -4.18. The van der Waals surface area contributed by atoms with E-state index < -0.39 is 37.0 Å². The number of benzene rings is 2. The monoisotopic (exact) mass is 542 g/mol. The number of halogens is 3. The zero-order chi connectivity index (χ0) is 26.7. The van der Waals surface area contributed by atoms with Gasteiger partial charge in [0, 0.05) is 30.6 Å². The number of aryl methyl sites for hydroxylation is 2. The van der Waals surface area contributed by atoms with E-state index in [4.69, 9.17) is 16.3 Å². The summed E-state index contributed by atoms with van der Waals surface area (Å²) >= 11 is 5.66. The lowest BCUT2D eigenvalue weighted by Crippen LogP contribution is -2.49. The summed E-state index contributed by atoms with van der Waals surface area (Å²) in [6, 6.07) is 7.12. The highest BCUT2D eigenvalue weighted by Crippen LogP contribution is 2.29. The number of ether oxygens (including phenoxy) is 1. The van der Waals surface area contributed by atoms with Crippen LogP contribution in [0.5, 0.6) is 5.75 Å². The Morgan fingerprint density at radius 1 is 1.14 bits per heavy atom. The molecule has 36 heavy (non-hydrogen) atoms. The van der Waals surface area contributed by atoms with Gasteiger partial charge in [0.2, 0.25) is 15.9 Å². The maximum atomic E-state index is 14.2. The molecule has 0 spiro atoms. The van der Waals surface area contributed by atoms with Crippen LogP contribution in [0.3, 0.4) is 0 Å². The van der Waals surface area contributed by atoms with Crippen LogP contribution in [-0.2, 0) is 14.8 Å². The summed E-state index contributed by atoms with van der Waals surface area (Å²) in [6.07, 6.45) is 2.10. The predicted molar refractivity (Wildman–Crippen MR) is 136 cm³/mol. The van der Waals surface area contributed by atoms with Gasteiger partial charge >= 0.3 is 0 Å². The van der Waals surface area contributed by atoms with Gasteiger partial charge in [0.05, 0.1) is 11.6 Å². The molecule has 1 aliphatic heterocycles. The van der Waals surface area contributed by atoms with Crippen LogP contribution in [0.4, 0.5) is 8.78 Å². The predicted octanol–water partition coefficient (Wildman–Crippen LogP) is 5.39. The molecule has 10 heteroatoms. The Morgan fingerprint density at radius 3 is 2.47 bits per heavy atom. The van der Waals surface area contributed by atoms with E-state index in [1.54, 1.807) is 0 Å². The summed E-state index contributed by atoms with van der Waals surface area (Å²) in [6.45, 7) is 8.46. The minimum absolute atomic E-state index is 0.103. The molecule has 198 valence electrons. The summed E-state index contributed by atoms with van der Waals surface area (Å²) in [5, 5.41) is 2.57. The number of nitrogens with one attached hydrogen (secondary N) is 1. The van der Waals surface area contributed by atoms with Crippen LogP contribution in [-0.4, -0.2) is 44.4 Å². The second-order valence-corrected chi connectivity index (χ2v) is 12.3. The van der Waals surface area contributed by atoms with Crippen molar-refractivity contribution in [1.82, 2.24) is 9.62 Å². The molecule has 0 aromatic heterocycles. The number of hydrogen-bond donors (Lipinski definition) is 1. The highest BCUT2D eigenvalue weighted by Gasteiger charge is 2.34. The van der Waals surface area contributed by atoms with Gasteiger partial charge in [0.1, 0.15) is 22.3 Å². The van der Waals surface area contributed by atoms with E-state index in [1.165, 1.54) is 0 Å². The first kappa shape index (κ1) is 28.3. The van der Waals surface area contributed by atoms with E-state index in [9.17, 15) is 22.0 Å². The molecule has 1 fully saturated rings. The van der Waals surface area contributed by atoms with Crippen molar-refractivity contribution in [1.29, 1.82) is 0 Å². The van der Waals surface area contributed by atoms with E-state index in [1.807, 2.05) is 45.9 Å². The average Bonchev–Trinajstić information content (AvgIpc) is 2.81. The van der Waals surface area contributed by atoms with E-state index >= 15 is 0 Å². The molecular weight excluding hydrogens is 510 g/mol. The van der Waals surface area contributed by atoms with Crippen molar-refractivity contribution < 1.29 is 26.7 Å². The van der Waals surface area contributed by atoms with Gasteiger partial charge in [-0.25, -0.2) is 17.2 Å². The zero-order valence-corrected chi connectivity index (χ0v) is 22.6. The summed E-state index contributed by atoms with van der Waals surface area (Å²) in [4.78, 5) is 12.3. The lowest BCUT2D eigenvalue weighted by molar-refractivity contribution is -0.130. The van der Waals surface area contributed by atoms with Gasteiger partial charge in [-0.15, -0.1) is 0 Å². The van der Waals surface area contributed by atoms with Crippen molar-refractivity contribution in [3.63, 3.8) is 0 Å². The number of rotatable bonds is 9. The van der Waals surface area contributed by atoms with Crippen LogP contribution in [0, 0.1) is 30.9 Å². The molecule has 2 aromatic carbocycles. The Kier molecular flexibility index (Phi) is 9.01. The van der Waals surface area contributed by atoms with Crippen LogP contribution in [0.25, 0.3) is 0 Å². The molecule has 0 aliphatic carbocycles. The van der Waals surface area contributed by atoms with Crippen molar-refractivity contribution in [3.8, 4) is 5.75 Å². The molecule has 0 saturated carbocycles. The summed E-state index contributed by atoms with van der Waals surface area (Å²) < 4.78 is 60.3. The molecule has 2 aromatic rings. The first-order valence-electron chi connectivity index (χ1n) is 12.0. The number of carbonyl (C=O) groups excluding carboxylic acids is 1. The molecule has 1 amide bonds. The average molecular weight is 543 g/mol. The lowest BCUT2D eigenvalue weighted by Gasteiger charge is -2.34. The highest BCUT2D eigenvalue weighted by atomic mass is 35.5. The third-order valence-corrected chi connectivity index (χ3v) is 8.75. The Bertz CT molecular complexity index is 1210. The Labute approximate surface area is 217 Å². The van der Waals surface area contributed by atoms with Crippen molar-refractivity contribution in [3.05, 3.63) is 58.1 Å². The topological polar surface area (TPSA) is 75.7 Å². The van der Waals surface area contributed by atoms with Crippen molar-refractivity contribution in [2.45, 2.75) is 64.3 Å². The first-order chi connectivity index (χ1) is 16.8. The standard InChI is InChI=1S/C26H33ClF2N2O4S/c1-17-6-7-18(2)23(14-17)35-13-5-10-26(3,4)25(32)30-19-8-11-31(12-9-19)36(33,34)24-15-20(27)21(28)16-22(24)29/h6-7,14-16,19H,5,8-13H2,1-4H3,(H,30,32).